The van der Waals surface area contributed by atoms with Gasteiger partial charge in [0.2, 0.25) is 5.91 Å². The molecule has 0 aromatic rings. The van der Waals surface area contributed by atoms with Gasteiger partial charge in [0.05, 0.1) is 6.07 Å². The standard InChI is InChI=1S/C8H12N2O2S/c1-7(6-9)8(11)10-2-4-13(12)5-3-10/h7H,2-5H2,1H3. The molecule has 4 nitrogen and oxygen atoms in total. The van der Waals surface area contributed by atoms with Crippen LogP contribution < -0.4 is 0 Å². The van der Waals surface area contributed by atoms with Crippen molar-refractivity contribution in [2.24, 2.45) is 5.92 Å². The zero-order valence-electron chi connectivity index (χ0n) is 7.52. The minimum atomic E-state index is -0.769. The fourth-order valence-corrected chi connectivity index (χ4v) is 2.24. The number of nitriles is 1. The molecule has 1 amide bonds. The Morgan fingerprint density at radius 1 is 1.54 bits per heavy atom. The number of amides is 1. The molecule has 5 heteroatoms. The van der Waals surface area contributed by atoms with E-state index in [1.54, 1.807) is 11.8 Å². The van der Waals surface area contributed by atoms with Crippen LogP contribution in [0.25, 0.3) is 0 Å². The Kier molecular flexibility index (Phi) is 3.43. The third-order valence-corrected chi connectivity index (χ3v) is 3.33. The molecule has 0 aliphatic carbocycles. The van der Waals surface area contributed by atoms with Crippen molar-refractivity contribution in [1.29, 1.82) is 5.26 Å². The van der Waals surface area contributed by atoms with E-state index in [1.165, 1.54) is 0 Å². The molecule has 1 atom stereocenters. The second-order valence-electron chi connectivity index (χ2n) is 3.02. The van der Waals surface area contributed by atoms with Crippen LogP contribution >= 0.6 is 0 Å². The van der Waals surface area contributed by atoms with Gasteiger partial charge in [-0.25, -0.2) is 0 Å². The summed E-state index contributed by atoms with van der Waals surface area (Å²) < 4.78 is 11.0. The van der Waals surface area contributed by atoms with E-state index in [0.717, 1.165) is 0 Å². The molecule has 1 saturated heterocycles. The molecule has 72 valence electrons. The number of hydrogen-bond acceptors (Lipinski definition) is 3. The number of rotatable bonds is 1. The molecule has 1 heterocycles. The molecule has 1 fully saturated rings. The minimum absolute atomic E-state index is 0.140. The van der Waals surface area contributed by atoms with Crippen LogP contribution in [0.4, 0.5) is 0 Å². The van der Waals surface area contributed by atoms with Crippen molar-refractivity contribution in [3.8, 4) is 6.07 Å². The molecular formula is C8H12N2O2S. The Labute approximate surface area is 80.0 Å². The maximum Gasteiger partial charge on any atom is 0.239 e. The summed E-state index contributed by atoms with van der Waals surface area (Å²) in [5.74, 6) is 0.374. The van der Waals surface area contributed by atoms with Crippen molar-refractivity contribution in [3.63, 3.8) is 0 Å². The lowest BCUT2D eigenvalue weighted by Crippen LogP contribution is -2.43. The van der Waals surface area contributed by atoms with Crippen LogP contribution in [0.2, 0.25) is 0 Å². The molecule has 1 unspecified atom stereocenters. The topological polar surface area (TPSA) is 61.2 Å². The third-order valence-electron chi connectivity index (χ3n) is 2.05. The van der Waals surface area contributed by atoms with Crippen molar-refractivity contribution in [2.45, 2.75) is 6.92 Å². The molecule has 0 N–H and O–H groups in total. The van der Waals surface area contributed by atoms with E-state index >= 15 is 0 Å². The number of hydrogen-bond donors (Lipinski definition) is 0. The summed E-state index contributed by atoms with van der Waals surface area (Å²) in [6.07, 6.45) is 0. The van der Waals surface area contributed by atoms with E-state index in [2.05, 4.69) is 0 Å². The molecule has 0 bridgehead atoms. The summed E-state index contributed by atoms with van der Waals surface area (Å²) >= 11 is 0. The highest BCUT2D eigenvalue weighted by atomic mass is 32.2. The Bertz CT molecular complexity index is 262. The summed E-state index contributed by atoms with van der Waals surface area (Å²) in [4.78, 5) is 13.1. The lowest BCUT2D eigenvalue weighted by molar-refractivity contribution is -0.132. The maximum absolute atomic E-state index is 11.4. The van der Waals surface area contributed by atoms with Crippen molar-refractivity contribution < 1.29 is 9.00 Å². The van der Waals surface area contributed by atoms with E-state index in [-0.39, 0.29) is 5.91 Å². The second-order valence-corrected chi connectivity index (χ2v) is 4.72. The molecule has 0 spiro atoms. The minimum Gasteiger partial charge on any atom is -0.340 e. The molecule has 0 saturated carbocycles. The molecule has 0 aromatic carbocycles. The van der Waals surface area contributed by atoms with Crippen molar-refractivity contribution >= 4 is 16.7 Å². The van der Waals surface area contributed by atoms with Gasteiger partial charge in [-0.1, -0.05) is 0 Å². The van der Waals surface area contributed by atoms with Gasteiger partial charge in [0.1, 0.15) is 5.92 Å². The van der Waals surface area contributed by atoms with Gasteiger partial charge in [-0.05, 0) is 6.92 Å². The zero-order valence-corrected chi connectivity index (χ0v) is 8.34. The average molecular weight is 200 g/mol. The van der Waals surface area contributed by atoms with Gasteiger partial charge in [-0.3, -0.25) is 9.00 Å². The smallest absolute Gasteiger partial charge is 0.239 e. The Hall–Kier alpha value is -0.890. The van der Waals surface area contributed by atoms with Crippen LogP contribution in [-0.4, -0.2) is 39.6 Å². The van der Waals surface area contributed by atoms with E-state index in [0.29, 0.717) is 24.6 Å². The van der Waals surface area contributed by atoms with Gasteiger partial charge >= 0.3 is 0 Å². The first kappa shape index (κ1) is 10.2. The summed E-state index contributed by atoms with van der Waals surface area (Å²) in [6.45, 7) is 2.64. The van der Waals surface area contributed by atoms with E-state index < -0.39 is 16.7 Å². The highest BCUT2D eigenvalue weighted by Gasteiger charge is 2.23. The first-order chi connectivity index (χ1) is 6.15. The Morgan fingerprint density at radius 2 is 2.08 bits per heavy atom. The van der Waals surface area contributed by atoms with Gasteiger partial charge < -0.3 is 4.90 Å². The highest BCUT2D eigenvalue weighted by Crippen LogP contribution is 2.05. The van der Waals surface area contributed by atoms with Gasteiger partial charge in [0.25, 0.3) is 0 Å². The van der Waals surface area contributed by atoms with Gasteiger partial charge in [0.15, 0.2) is 0 Å². The van der Waals surface area contributed by atoms with Crippen LogP contribution in [-0.2, 0) is 15.6 Å². The zero-order chi connectivity index (χ0) is 9.84. The monoisotopic (exact) mass is 200 g/mol. The summed E-state index contributed by atoms with van der Waals surface area (Å²) in [5.41, 5.74) is 0. The second kappa shape index (κ2) is 4.38. The predicted octanol–water partition coefficient (Wildman–Crippen LogP) is -0.263. The van der Waals surface area contributed by atoms with Crippen LogP contribution in [0.1, 0.15) is 6.92 Å². The summed E-state index contributed by atoms with van der Waals surface area (Å²) in [7, 11) is -0.769. The Morgan fingerprint density at radius 3 is 2.54 bits per heavy atom. The van der Waals surface area contributed by atoms with Crippen molar-refractivity contribution in [2.75, 3.05) is 24.6 Å². The maximum atomic E-state index is 11.4. The normalized spacial score (nSPS) is 20.8. The van der Waals surface area contributed by atoms with E-state index in [1.807, 2.05) is 6.07 Å². The lowest BCUT2D eigenvalue weighted by atomic mass is 10.2. The molecule has 0 radical (unpaired) electrons. The predicted molar refractivity (Wildman–Crippen MR) is 49.2 cm³/mol. The van der Waals surface area contributed by atoms with Gasteiger partial charge in [-0.2, -0.15) is 5.26 Å². The van der Waals surface area contributed by atoms with Crippen molar-refractivity contribution in [1.82, 2.24) is 4.90 Å². The van der Waals surface area contributed by atoms with Crippen LogP contribution in [0.15, 0.2) is 0 Å². The number of carbonyl (C=O) groups is 1. The van der Waals surface area contributed by atoms with Gasteiger partial charge in [0, 0.05) is 35.4 Å². The Balaban J connectivity index is 2.50. The van der Waals surface area contributed by atoms with E-state index in [9.17, 15) is 9.00 Å². The number of carbonyl (C=O) groups excluding carboxylic acids is 1. The van der Waals surface area contributed by atoms with Crippen molar-refractivity contribution in [3.05, 3.63) is 0 Å². The third kappa shape index (κ3) is 2.52. The molecule has 1 aliphatic heterocycles. The molecule has 1 aliphatic rings. The summed E-state index contributed by atoms with van der Waals surface area (Å²) in [6, 6.07) is 1.91. The van der Waals surface area contributed by atoms with Gasteiger partial charge in [-0.15, -0.1) is 0 Å². The fourth-order valence-electron chi connectivity index (χ4n) is 1.19. The molecule has 0 aromatic heterocycles. The SMILES string of the molecule is CC(C#N)C(=O)N1CCS(=O)CC1. The molecular weight excluding hydrogens is 188 g/mol. The first-order valence-corrected chi connectivity index (χ1v) is 5.67. The lowest BCUT2D eigenvalue weighted by Gasteiger charge is -2.27. The quantitative estimate of drug-likeness (QED) is 0.585. The van der Waals surface area contributed by atoms with Crippen LogP contribution in [0.3, 0.4) is 0 Å². The highest BCUT2D eigenvalue weighted by molar-refractivity contribution is 7.85. The van der Waals surface area contributed by atoms with Crippen LogP contribution in [0.5, 0.6) is 0 Å². The first-order valence-electron chi connectivity index (χ1n) is 4.18. The van der Waals surface area contributed by atoms with E-state index in [4.69, 9.17) is 5.26 Å². The van der Waals surface area contributed by atoms with Crippen LogP contribution in [0, 0.1) is 17.2 Å². The molecule has 13 heavy (non-hydrogen) atoms. The largest absolute Gasteiger partial charge is 0.340 e. The molecule has 1 rings (SSSR count). The number of nitrogens with zero attached hydrogens (tertiary/aromatic N) is 2. The summed E-state index contributed by atoms with van der Waals surface area (Å²) in [5, 5.41) is 8.53. The fraction of sp³-hybridized carbons (Fsp3) is 0.750. The average Bonchev–Trinajstić information content (AvgIpc) is 2.17.